The third-order valence-corrected chi connectivity index (χ3v) is 3.17. The van der Waals surface area contributed by atoms with Crippen LogP contribution in [-0.4, -0.2) is 60.0 Å². The van der Waals surface area contributed by atoms with E-state index in [4.69, 9.17) is 9.66 Å². The first kappa shape index (κ1) is 24.0. The Labute approximate surface area is 137 Å². The zero-order valence-corrected chi connectivity index (χ0v) is 12.5. The second kappa shape index (κ2) is 6.95. The van der Waals surface area contributed by atoms with Gasteiger partial charge in [0.15, 0.2) is 0 Å². The summed E-state index contributed by atoms with van der Waals surface area (Å²) < 4.78 is 136. The van der Waals surface area contributed by atoms with E-state index < -0.39 is 57.6 Å². The van der Waals surface area contributed by atoms with E-state index in [-0.39, 0.29) is 0 Å². The van der Waals surface area contributed by atoms with Crippen molar-refractivity contribution in [3.8, 4) is 0 Å². The Morgan fingerprint density at radius 3 is 1.69 bits per heavy atom. The van der Waals surface area contributed by atoms with Gasteiger partial charge in [0.2, 0.25) is 0 Å². The summed E-state index contributed by atoms with van der Waals surface area (Å²) in [5.41, 5.74) is -2.66. The molecule has 0 aliphatic heterocycles. The second-order valence-corrected chi connectivity index (χ2v) is 5.73. The number of carboxylic acids is 1. The number of aliphatic carboxylic acids is 1. The van der Waals surface area contributed by atoms with E-state index in [1.807, 2.05) is 6.58 Å². The number of rotatable bonds is 7. The van der Waals surface area contributed by atoms with Crippen molar-refractivity contribution in [2.45, 2.75) is 23.4 Å². The summed E-state index contributed by atoms with van der Waals surface area (Å²) in [4.78, 5) is 21.8. The highest BCUT2D eigenvalue weighted by Crippen LogP contribution is 2.39. The molecule has 1 atom stereocenters. The maximum Gasteiger partial charge on any atom is 0.468 e. The molecule has 2 N–H and O–H groups in total. The Kier molecular flexibility index (Phi) is 6.41. The Bertz CT molecular complexity index is 693. The largest absolute Gasteiger partial charge is 0.476 e. The van der Waals surface area contributed by atoms with Crippen molar-refractivity contribution in [3.05, 3.63) is 12.2 Å². The molecule has 0 amide bonds. The van der Waals surface area contributed by atoms with Crippen LogP contribution in [0.3, 0.4) is 0 Å². The summed E-state index contributed by atoms with van der Waals surface area (Å²) in [6, 6.07) is 0. The lowest BCUT2D eigenvalue weighted by Gasteiger charge is -2.31. The summed E-state index contributed by atoms with van der Waals surface area (Å²) >= 11 is 0. The molecule has 0 radical (unpaired) electrons. The number of alkyl halides is 8. The topological polar surface area (TPSA) is 127 Å². The molecule has 0 rings (SSSR count). The summed E-state index contributed by atoms with van der Waals surface area (Å²) in [7, 11) is -6.42. The summed E-state index contributed by atoms with van der Waals surface area (Å²) in [6.45, 7) is -1.05. The minimum Gasteiger partial charge on any atom is -0.476 e. The SMILES string of the molecule is C=C(C(=O)OC(OCC(F)(F)S(=O)(=O)O)(C(=O)O)C(F)(F)F)C(F)(F)F. The Morgan fingerprint density at radius 2 is 1.42 bits per heavy atom. The van der Waals surface area contributed by atoms with Crippen molar-refractivity contribution >= 4 is 22.1 Å². The fraction of sp³-hybridized carbons (Fsp3) is 0.556. The van der Waals surface area contributed by atoms with Crippen molar-refractivity contribution in [1.82, 2.24) is 0 Å². The lowest BCUT2D eigenvalue weighted by Crippen LogP contribution is -2.59. The van der Waals surface area contributed by atoms with Gasteiger partial charge in [-0.3, -0.25) is 4.55 Å². The van der Waals surface area contributed by atoms with E-state index in [0.717, 1.165) is 0 Å². The van der Waals surface area contributed by atoms with Gasteiger partial charge in [-0.05, 0) is 0 Å². The highest BCUT2D eigenvalue weighted by Gasteiger charge is 2.69. The van der Waals surface area contributed by atoms with Crippen LogP contribution < -0.4 is 0 Å². The minimum atomic E-state index is -6.46. The molecule has 0 saturated heterocycles. The third kappa shape index (κ3) is 5.01. The molecule has 8 nitrogen and oxygen atoms in total. The quantitative estimate of drug-likeness (QED) is 0.206. The molecule has 26 heavy (non-hydrogen) atoms. The van der Waals surface area contributed by atoms with Gasteiger partial charge < -0.3 is 14.6 Å². The van der Waals surface area contributed by atoms with Crippen molar-refractivity contribution in [1.29, 1.82) is 0 Å². The van der Waals surface area contributed by atoms with Crippen LogP contribution in [0.25, 0.3) is 0 Å². The number of hydrogen-bond donors (Lipinski definition) is 2. The lowest BCUT2D eigenvalue weighted by atomic mass is 10.2. The van der Waals surface area contributed by atoms with E-state index in [1.165, 1.54) is 0 Å². The Balaban J connectivity index is 6.00. The lowest BCUT2D eigenvalue weighted by molar-refractivity contribution is -0.359. The molecule has 0 aliphatic rings. The van der Waals surface area contributed by atoms with E-state index in [0.29, 0.717) is 0 Å². The van der Waals surface area contributed by atoms with Gasteiger partial charge in [-0.2, -0.15) is 43.5 Å². The van der Waals surface area contributed by atoms with Gasteiger partial charge in [0.1, 0.15) is 12.2 Å². The van der Waals surface area contributed by atoms with Crippen LogP contribution in [0, 0.1) is 0 Å². The fourth-order valence-electron chi connectivity index (χ4n) is 0.964. The summed E-state index contributed by atoms with van der Waals surface area (Å²) in [5, 5.41) is 2.97. The van der Waals surface area contributed by atoms with Crippen LogP contribution in [0.4, 0.5) is 35.1 Å². The molecule has 0 fully saturated rings. The predicted molar refractivity (Wildman–Crippen MR) is 60.2 cm³/mol. The van der Waals surface area contributed by atoms with Crippen molar-refractivity contribution < 1.29 is 72.3 Å². The van der Waals surface area contributed by atoms with Crippen LogP contribution in [0.1, 0.15) is 0 Å². The van der Waals surface area contributed by atoms with Gasteiger partial charge in [0.25, 0.3) is 0 Å². The molecular weight excluding hydrogens is 420 g/mol. The zero-order chi connectivity index (χ0) is 21.4. The number of carbonyl (C=O) groups excluding carboxylic acids is 1. The molecule has 0 spiro atoms. The number of carbonyl (C=O) groups is 2. The molecule has 1 unspecified atom stereocenters. The van der Waals surface area contributed by atoms with Crippen molar-refractivity contribution in [2.75, 3.05) is 6.61 Å². The molecule has 0 aromatic heterocycles. The van der Waals surface area contributed by atoms with Crippen LogP contribution in [0.2, 0.25) is 0 Å². The number of esters is 1. The minimum absolute atomic E-state index is 2.00. The van der Waals surface area contributed by atoms with E-state index in [9.17, 15) is 53.1 Å². The molecule has 0 aliphatic carbocycles. The monoisotopic (exact) mass is 426 g/mol. The highest BCUT2D eigenvalue weighted by atomic mass is 32.2. The maximum absolute atomic E-state index is 12.9. The standard InChI is InChI=1S/C9H6F8O8S/c1-3(8(12,13)14)4(18)25-7(5(19)20,9(15,16)17)24-2-6(10,11)26(21,22)23/h1-2H2,(H,19,20)(H,21,22,23). The fourth-order valence-corrected chi connectivity index (χ4v) is 1.17. The first-order chi connectivity index (χ1) is 11.2. The Morgan fingerprint density at radius 1 is 1.00 bits per heavy atom. The summed E-state index contributed by atoms with van der Waals surface area (Å²) in [6.07, 6.45) is -12.2. The molecule has 0 bridgehead atoms. The molecule has 0 aromatic rings. The van der Waals surface area contributed by atoms with Gasteiger partial charge in [-0.25, -0.2) is 9.59 Å². The van der Waals surface area contributed by atoms with E-state index >= 15 is 0 Å². The number of carboxylic acid groups (broad SMARTS) is 1. The van der Waals surface area contributed by atoms with Crippen LogP contribution in [0.5, 0.6) is 0 Å². The molecule has 152 valence electrons. The molecule has 0 aromatic carbocycles. The van der Waals surface area contributed by atoms with Crippen LogP contribution >= 0.6 is 0 Å². The molecule has 17 heteroatoms. The highest BCUT2D eigenvalue weighted by molar-refractivity contribution is 7.86. The summed E-state index contributed by atoms with van der Waals surface area (Å²) in [5.74, 6) is -12.0. The van der Waals surface area contributed by atoms with E-state index in [1.54, 1.807) is 0 Å². The number of ether oxygens (including phenoxy) is 2. The van der Waals surface area contributed by atoms with Gasteiger partial charge in [-0.15, -0.1) is 0 Å². The average Bonchev–Trinajstić information content (AvgIpc) is 2.38. The molecule has 0 heterocycles. The van der Waals surface area contributed by atoms with Crippen LogP contribution in [0.15, 0.2) is 12.2 Å². The molecule has 0 saturated carbocycles. The van der Waals surface area contributed by atoms with Gasteiger partial charge in [0.05, 0.1) is 0 Å². The number of halogens is 8. The predicted octanol–water partition coefficient (Wildman–Crippen LogP) is 1.49. The first-order valence-electron chi connectivity index (χ1n) is 5.47. The van der Waals surface area contributed by atoms with Crippen molar-refractivity contribution in [3.63, 3.8) is 0 Å². The van der Waals surface area contributed by atoms with E-state index in [2.05, 4.69) is 9.47 Å². The molecular formula is C9H6F8O8S. The van der Waals surface area contributed by atoms with Gasteiger partial charge >= 0.3 is 45.5 Å². The Hall–Kier alpha value is -2.01. The maximum atomic E-state index is 12.9. The van der Waals surface area contributed by atoms with Crippen LogP contribution in [-0.2, 0) is 29.2 Å². The smallest absolute Gasteiger partial charge is 0.468 e. The normalized spacial score (nSPS) is 15.9. The third-order valence-electron chi connectivity index (χ3n) is 2.30. The second-order valence-electron chi connectivity index (χ2n) is 4.19. The first-order valence-corrected chi connectivity index (χ1v) is 6.91. The van der Waals surface area contributed by atoms with Gasteiger partial charge in [0, 0.05) is 0 Å². The van der Waals surface area contributed by atoms with Crippen molar-refractivity contribution in [2.24, 2.45) is 0 Å². The zero-order valence-electron chi connectivity index (χ0n) is 11.7. The number of hydrogen-bond acceptors (Lipinski definition) is 6. The van der Waals surface area contributed by atoms with Gasteiger partial charge in [-0.1, -0.05) is 6.58 Å². The average molecular weight is 426 g/mol.